The average Bonchev–Trinajstić information content (AvgIpc) is 2.67. The first kappa shape index (κ1) is 12.7. The Balaban J connectivity index is 2.61. The fourth-order valence-electron chi connectivity index (χ4n) is 1.38. The van der Waals surface area contributed by atoms with Crippen molar-refractivity contribution in [1.82, 2.24) is 5.16 Å². The van der Waals surface area contributed by atoms with Gasteiger partial charge in [0.2, 0.25) is 0 Å². The number of aromatic hydroxyl groups is 1. The lowest BCUT2D eigenvalue weighted by Crippen LogP contribution is -2.05. The van der Waals surface area contributed by atoms with Crippen molar-refractivity contribution < 1.29 is 22.8 Å². The Kier molecular flexibility index (Phi) is 2.97. The molecular weight excluding hydrogens is 317 g/mol. The number of benzene rings is 1. The standard InChI is InChI=1S/C10H6BrF3N2O2/c11-6-2-4(7-3-8(15)16-18-7)1-5(9(6)17)10(12,13)14/h1-3,17H,(H2,15,16). The predicted molar refractivity (Wildman–Crippen MR) is 60.7 cm³/mol. The Morgan fingerprint density at radius 2 is 1.94 bits per heavy atom. The average molecular weight is 323 g/mol. The highest BCUT2D eigenvalue weighted by atomic mass is 79.9. The molecule has 0 saturated heterocycles. The minimum absolute atomic E-state index is 0.0581. The van der Waals surface area contributed by atoms with Crippen LogP contribution in [0.25, 0.3) is 11.3 Å². The fraction of sp³-hybridized carbons (Fsp3) is 0.100. The summed E-state index contributed by atoms with van der Waals surface area (Å²) in [6.07, 6.45) is -4.67. The zero-order chi connectivity index (χ0) is 13.5. The summed E-state index contributed by atoms with van der Waals surface area (Å²) in [6.45, 7) is 0. The SMILES string of the molecule is Nc1cc(-c2cc(Br)c(O)c(C(F)(F)F)c2)on1. The Morgan fingerprint density at radius 3 is 2.44 bits per heavy atom. The van der Waals surface area contributed by atoms with Crippen molar-refractivity contribution >= 4 is 21.7 Å². The molecular formula is C10H6BrF3N2O2. The van der Waals surface area contributed by atoms with Crippen molar-refractivity contribution in [3.63, 3.8) is 0 Å². The molecule has 0 fully saturated rings. The molecule has 4 nitrogen and oxygen atoms in total. The number of aromatic nitrogens is 1. The molecule has 0 saturated carbocycles. The lowest BCUT2D eigenvalue weighted by molar-refractivity contribution is -0.138. The van der Waals surface area contributed by atoms with Crippen molar-refractivity contribution in [2.24, 2.45) is 0 Å². The smallest absolute Gasteiger partial charge is 0.420 e. The van der Waals surface area contributed by atoms with E-state index in [1.54, 1.807) is 0 Å². The number of nitrogens with two attached hydrogens (primary N) is 1. The highest BCUT2D eigenvalue weighted by Gasteiger charge is 2.35. The van der Waals surface area contributed by atoms with E-state index in [-0.39, 0.29) is 21.6 Å². The molecule has 1 heterocycles. The maximum atomic E-state index is 12.7. The lowest BCUT2D eigenvalue weighted by Gasteiger charge is -2.11. The van der Waals surface area contributed by atoms with E-state index in [2.05, 4.69) is 21.1 Å². The number of phenolic OH excluding ortho intramolecular Hbond substituents is 1. The molecule has 0 bridgehead atoms. The van der Waals surface area contributed by atoms with E-state index in [4.69, 9.17) is 10.3 Å². The summed E-state index contributed by atoms with van der Waals surface area (Å²) in [7, 11) is 0. The zero-order valence-electron chi connectivity index (χ0n) is 8.62. The minimum Gasteiger partial charge on any atom is -0.506 e. The van der Waals surface area contributed by atoms with Gasteiger partial charge in [-0.25, -0.2) is 0 Å². The molecule has 2 rings (SSSR count). The molecule has 3 N–H and O–H groups in total. The first-order valence-electron chi connectivity index (χ1n) is 4.61. The molecule has 8 heteroatoms. The summed E-state index contributed by atoms with van der Waals surface area (Å²) in [5, 5.41) is 12.8. The number of nitrogens with zero attached hydrogens (tertiary/aromatic N) is 1. The van der Waals surface area contributed by atoms with Gasteiger partial charge in [-0.1, -0.05) is 5.16 Å². The van der Waals surface area contributed by atoms with Crippen LogP contribution in [0.5, 0.6) is 5.75 Å². The van der Waals surface area contributed by atoms with E-state index in [1.807, 2.05) is 0 Å². The number of nitrogen functional groups attached to an aromatic ring is 1. The van der Waals surface area contributed by atoms with E-state index >= 15 is 0 Å². The van der Waals surface area contributed by atoms with Gasteiger partial charge in [0, 0.05) is 11.6 Å². The molecule has 1 aromatic heterocycles. The van der Waals surface area contributed by atoms with Crippen LogP contribution in [0.2, 0.25) is 0 Å². The van der Waals surface area contributed by atoms with Gasteiger partial charge in [0.25, 0.3) is 0 Å². The van der Waals surface area contributed by atoms with Crippen molar-refractivity contribution in [3.05, 3.63) is 28.2 Å². The van der Waals surface area contributed by atoms with E-state index < -0.39 is 17.5 Å². The molecule has 2 aromatic rings. The third-order valence-electron chi connectivity index (χ3n) is 2.18. The van der Waals surface area contributed by atoms with Crippen LogP contribution in [0.3, 0.4) is 0 Å². The van der Waals surface area contributed by atoms with Gasteiger partial charge >= 0.3 is 6.18 Å². The largest absolute Gasteiger partial charge is 0.506 e. The normalized spacial score (nSPS) is 11.8. The maximum absolute atomic E-state index is 12.7. The van der Waals surface area contributed by atoms with Gasteiger partial charge in [-0.2, -0.15) is 13.2 Å². The van der Waals surface area contributed by atoms with Gasteiger partial charge in [-0.15, -0.1) is 0 Å². The van der Waals surface area contributed by atoms with Crippen LogP contribution in [0, 0.1) is 0 Å². The van der Waals surface area contributed by atoms with Gasteiger partial charge in [0.05, 0.1) is 10.0 Å². The molecule has 18 heavy (non-hydrogen) atoms. The Morgan fingerprint density at radius 1 is 1.28 bits per heavy atom. The highest BCUT2D eigenvalue weighted by molar-refractivity contribution is 9.10. The van der Waals surface area contributed by atoms with Crippen molar-refractivity contribution in [3.8, 4) is 17.1 Å². The molecule has 0 atom stereocenters. The van der Waals surface area contributed by atoms with Crippen LogP contribution in [-0.4, -0.2) is 10.3 Å². The molecule has 0 radical (unpaired) electrons. The summed E-state index contributed by atoms with van der Waals surface area (Å²) in [5.41, 5.74) is 4.26. The zero-order valence-corrected chi connectivity index (χ0v) is 10.2. The monoisotopic (exact) mass is 322 g/mol. The van der Waals surface area contributed by atoms with Crippen molar-refractivity contribution in [2.45, 2.75) is 6.18 Å². The first-order chi connectivity index (χ1) is 8.29. The van der Waals surface area contributed by atoms with Crippen LogP contribution >= 0.6 is 15.9 Å². The Hall–Kier alpha value is -1.70. The van der Waals surface area contributed by atoms with Crippen LogP contribution < -0.4 is 5.73 Å². The second-order valence-electron chi connectivity index (χ2n) is 3.47. The number of alkyl halides is 3. The van der Waals surface area contributed by atoms with Crippen LogP contribution in [-0.2, 0) is 6.18 Å². The molecule has 0 amide bonds. The molecule has 0 aliphatic heterocycles. The Labute approximate surface area is 107 Å². The van der Waals surface area contributed by atoms with E-state index in [0.29, 0.717) is 0 Å². The molecule has 1 aromatic carbocycles. The summed E-state index contributed by atoms with van der Waals surface area (Å²) in [4.78, 5) is 0. The predicted octanol–water partition coefficient (Wildman–Crippen LogP) is 3.41. The number of hydrogen-bond donors (Lipinski definition) is 2. The first-order valence-corrected chi connectivity index (χ1v) is 5.40. The third kappa shape index (κ3) is 2.28. The van der Waals surface area contributed by atoms with Gasteiger partial charge in [0.1, 0.15) is 5.75 Å². The summed E-state index contributed by atoms with van der Waals surface area (Å²) in [5.74, 6) is -0.736. The molecule has 0 unspecified atom stereocenters. The maximum Gasteiger partial charge on any atom is 0.420 e. The molecule has 96 valence electrons. The lowest BCUT2D eigenvalue weighted by atomic mass is 10.1. The Bertz CT molecular complexity index is 595. The van der Waals surface area contributed by atoms with Crippen molar-refractivity contribution in [1.29, 1.82) is 0 Å². The van der Waals surface area contributed by atoms with Gasteiger partial charge in [-0.3, -0.25) is 0 Å². The van der Waals surface area contributed by atoms with Crippen molar-refractivity contribution in [2.75, 3.05) is 5.73 Å². The summed E-state index contributed by atoms with van der Waals surface area (Å²) < 4.78 is 42.7. The number of hydrogen-bond acceptors (Lipinski definition) is 4. The summed E-state index contributed by atoms with van der Waals surface area (Å²) in [6, 6.07) is 3.34. The minimum atomic E-state index is -4.67. The molecule has 0 aliphatic rings. The van der Waals surface area contributed by atoms with E-state index in [0.717, 1.165) is 6.07 Å². The number of phenols is 1. The van der Waals surface area contributed by atoms with Gasteiger partial charge < -0.3 is 15.4 Å². The van der Waals surface area contributed by atoms with Crippen LogP contribution in [0.15, 0.2) is 27.2 Å². The number of anilines is 1. The quantitative estimate of drug-likeness (QED) is 0.843. The third-order valence-corrected chi connectivity index (χ3v) is 2.79. The summed E-state index contributed by atoms with van der Waals surface area (Å²) >= 11 is 2.85. The topological polar surface area (TPSA) is 72.3 Å². The number of halogens is 4. The van der Waals surface area contributed by atoms with Gasteiger partial charge in [0.15, 0.2) is 11.6 Å². The number of rotatable bonds is 1. The van der Waals surface area contributed by atoms with Gasteiger partial charge in [-0.05, 0) is 28.1 Å². The fourth-order valence-corrected chi connectivity index (χ4v) is 1.84. The second kappa shape index (κ2) is 4.20. The highest BCUT2D eigenvalue weighted by Crippen LogP contribution is 2.42. The van der Waals surface area contributed by atoms with E-state index in [9.17, 15) is 18.3 Å². The molecule has 0 spiro atoms. The second-order valence-corrected chi connectivity index (χ2v) is 4.32. The van der Waals surface area contributed by atoms with E-state index in [1.165, 1.54) is 12.1 Å². The van der Waals surface area contributed by atoms with Crippen LogP contribution in [0.1, 0.15) is 5.56 Å². The molecule has 0 aliphatic carbocycles. The van der Waals surface area contributed by atoms with Crippen LogP contribution in [0.4, 0.5) is 19.0 Å².